The van der Waals surface area contributed by atoms with Crippen molar-refractivity contribution >= 4 is 23.4 Å². The molecular formula is C8H9ClOS. The Hall–Kier alpha value is -0.180. The molecule has 1 aromatic carbocycles. The van der Waals surface area contributed by atoms with Gasteiger partial charge in [0.1, 0.15) is 0 Å². The van der Waals surface area contributed by atoms with Crippen molar-refractivity contribution in [2.75, 3.05) is 5.94 Å². The van der Waals surface area contributed by atoms with Gasteiger partial charge in [-0.05, 0) is 30.7 Å². The van der Waals surface area contributed by atoms with Crippen LogP contribution >= 0.6 is 23.4 Å². The zero-order valence-electron chi connectivity index (χ0n) is 6.17. The lowest BCUT2D eigenvalue weighted by Crippen LogP contribution is -1.78. The second-order valence-electron chi connectivity index (χ2n) is 2.18. The summed E-state index contributed by atoms with van der Waals surface area (Å²) >= 11 is 7.20. The lowest BCUT2D eigenvalue weighted by molar-refractivity contribution is 0.375. The number of benzene rings is 1. The van der Waals surface area contributed by atoms with Crippen LogP contribution < -0.4 is 0 Å². The molecule has 0 spiro atoms. The summed E-state index contributed by atoms with van der Waals surface area (Å²) in [5, 5.41) is 9.38. The predicted molar refractivity (Wildman–Crippen MR) is 49.1 cm³/mol. The molecule has 1 N–H and O–H groups in total. The minimum absolute atomic E-state index is 0.112. The van der Waals surface area contributed by atoms with E-state index in [-0.39, 0.29) is 5.94 Å². The van der Waals surface area contributed by atoms with Gasteiger partial charge in [-0.2, -0.15) is 0 Å². The van der Waals surface area contributed by atoms with Crippen molar-refractivity contribution in [1.29, 1.82) is 0 Å². The first kappa shape index (κ1) is 8.91. The Balaban J connectivity index is 2.86. The summed E-state index contributed by atoms with van der Waals surface area (Å²) in [6, 6.07) is 5.70. The molecule has 0 fully saturated rings. The van der Waals surface area contributed by atoms with E-state index in [2.05, 4.69) is 0 Å². The molecule has 0 aliphatic carbocycles. The molecule has 0 atom stereocenters. The van der Waals surface area contributed by atoms with Gasteiger partial charge in [-0.25, -0.2) is 0 Å². The summed E-state index contributed by atoms with van der Waals surface area (Å²) in [5.41, 5.74) is 1.05. The van der Waals surface area contributed by atoms with E-state index in [1.165, 1.54) is 11.8 Å². The molecule has 0 radical (unpaired) electrons. The maximum absolute atomic E-state index is 8.61. The second kappa shape index (κ2) is 4.00. The number of thioether (sulfide) groups is 1. The molecule has 11 heavy (non-hydrogen) atoms. The summed E-state index contributed by atoms with van der Waals surface area (Å²) in [6.07, 6.45) is 0. The van der Waals surface area contributed by atoms with Crippen LogP contribution in [0, 0.1) is 6.92 Å². The van der Waals surface area contributed by atoms with Gasteiger partial charge in [0.2, 0.25) is 0 Å². The quantitative estimate of drug-likeness (QED) is 0.569. The smallest absolute Gasteiger partial charge is 0.0932 e. The Labute approximate surface area is 75.4 Å². The van der Waals surface area contributed by atoms with E-state index >= 15 is 0 Å². The van der Waals surface area contributed by atoms with E-state index in [9.17, 15) is 0 Å². The van der Waals surface area contributed by atoms with Crippen LogP contribution in [0.25, 0.3) is 0 Å². The number of aliphatic hydroxyl groups excluding tert-OH is 1. The van der Waals surface area contributed by atoms with Gasteiger partial charge in [-0.15, -0.1) is 0 Å². The highest BCUT2D eigenvalue weighted by atomic mass is 35.5. The Morgan fingerprint density at radius 3 is 2.82 bits per heavy atom. The van der Waals surface area contributed by atoms with Crippen molar-refractivity contribution in [1.82, 2.24) is 0 Å². The van der Waals surface area contributed by atoms with Gasteiger partial charge in [0.25, 0.3) is 0 Å². The molecule has 0 unspecified atom stereocenters. The number of halogens is 1. The van der Waals surface area contributed by atoms with Crippen molar-refractivity contribution < 1.29 is 5.11 Å². The molecule has 0 heterocycles. The summed E-state index contributed by atoms with van der Waals surface area (Å²) in [4.78, 5) is 1.05. The number of hydrogen-bond acceptors (Lipinski definition) is 2. The van der Waals surface area contributed by atoms with Crippen LogP contribution in [0.5, 0.6) is 0 Å². The van der Waals surface area contributed by atoms with E-state index in [4.69, 9.17) is 16.7 Å². The van der Waals surface area contributed by atoms with Gasteiger partial charge in [0, 0.05) is 9.92 Å². The third-order valence-electron chi connectivity index (χ3n) is 1.36. The summed E-state index contributed by atoms with van der Waals surface area (Å²) in [7, 11) is 0. The van der Waals surface area contributed by atoms with Crippen LogP contribution in [0.1, 0.15) is 5.56 Å². The highest BCUT2D eigenvalue weighted by Crippen LogP contribution is 2.22. The fraction of sp³-hybridized carbons (Fsp3) is 0.250. The van der Waals surface area contributed by atoms with Gasteiger partial charge >= 0.3 is 0 Å². The van der Waals surface area contributed by atoms with Gasteiger partial charge < -0.3 is 5.11 Å². The minimum Gasteiger partial charge on any atom is -0.385 e. The lowest BCUT2D eigenvalue weighted by Gasteiger charge is -2.00. The monoisotopic (exact) mass is 188 g/mol. The molecule has 0 aliphatic rings. The highest BCUT2D eigenvalue weighted by molar-refractivity contribution is 7.99. The Bertz CT molecular complexity index is 250. The predicted octanol–water partition coefficient (Wildman–Crippen LogP) is 2.69. The van der Waals surface area contributed by atoms with Gasteiger partial charge in [0.15, 0.2) is 0 Å². The lowest BCUT2D eigenvalue weighted by atomic mass is 10.2. The molecule has 60 valence electrons. The van der Waals surface area contributed by atoms with Crippen molar-refractivity contribution in [2.24, 2.45) is 0 Å². The number of aliphatic hydroxyl groups is 1. The first-order valence-corrected chi connectivity index (χ1v) is 4.60. The molecular weight excluding hydrogens is 180 g/mol. The third kappa shape index (κ3) is 2.40. The van der Waals surface area contributed by atoms with Crippen molar-refractivity contribution in [3.63, 3.8) is 0 Å². The highest BCUT2D eigenvalue weighted by Gasteiger charge is 1.96. The van der Waals surface area contributed by atoms with Gasteiger partial charge in [-0.1, -0.05) is 23.4 Å². The van der Waals surface area contributed by atoms with Crippen LogP contribution in [0.2, 0.25) is 5.02 Å². The molecule has 0 saturated heterocycles. The van der Waals surface area contributed by atoms with Gasteiger partial charge in [-0.3, -0.25) is 0 Å². The van der Waals surface area contributed by atoms with E-state index in [0.717, 1.165) is 15.5 Å². The summed E-state index contributed by atoms with van der Waals surface area (Å²) in [5.74, 6) is 0.112. The SMILES string of the molecule is Cc1cc(SCO)ccc1Cl. The average Bonchev–Trinajstić information content (AvgIpc) is 1.98. The molecule has 1 nitrogen and oxygen atoms in total. The van der Waals surface area contributed by atoms with Crippen LogP contribution in [-0.4, -0.2) is 11.0 Å². The first-order chi connectivity index (χ1) is 5.24. The van der Waals surface area contributed by atoms with Crippen LogP contribution in [-0.2, 0) is 0 Å². The van der Waals surface area contributed by atoms with E-state index < -0.39 is 0 Å². The number of hydrogen-bond donors (Lipinski definition) is 1. The molecule has 1 aromatic rings. The molecule has 3 heteroatoms. The standard InChI is InChI=1S/C8H9ClOS/c1-6-4-7(11-5-10)2-3-8(6)9/h2-4,10H,5H2,1H3. The first-order valence-electron chi connectivity index (χ1n) is 3.24. The average molecular weight is 189 g/mol. The largest absolute Gasteiger partial charge is 0.385 e. The van der Waals surface area contributed by atoms with Crippen LogP contribution in [0.15, 0.2) is 23.1 Å². The molecule has 0 aromatic heterocycles. The fourth-order valence-corrected chi connectivity index (χ4v) is 1.47. The minimum atomic E-state index is 0.112. The van der Waals surface area contributed by atoms with Crippen molar-refractivity contribution in [3.8, 4) is 0 Å². The fourth-order valence-electron chi connectivity index (χ4n) is 0.782. The zero-order chi connectivity index (χ0) is 8.27. The number of aryl methyl sites for hydroxylation is 1. The van der Waals surface area contributed by atoms with Crippen LogP contribution in [0.4, 0.5) is 0 Å². The van der Waals surface area contributed by atoms with E-state index in [1.54, 1.807) is 0 Å². The number of rotatable bonds is 2. The zero-order valence-corrected chi connectivity index (χ0v) is 7.75. The summed E-state index contributed by atoms with van der Waals surface area (Å²) in [6.45, 7) is 1.95. The molecule has 1 rings (SSSR count). The molecule has 0 saturated carbocycles. The van der Waals surface area contributed by atoms with Crippen molar-refractivity contribution in [2.45, 2.75) is 11.8 Å². The normalized spacial score (nSPS) is 10.1. The van der Waals surface area contributed by atoms with Gasteiger partial charge in [0.05, 0.1) is 5.94 Å². The molecule has 0 bridgehead atoms. The van der Waals surface area contributed by atoms with Crippen LogP contribution in [0.3, 0.4) is 0 Å². The second-order valence-corrected chi connectivity index (χ2v) is 3.61. The van der Waals surface area contributed by atoms with E-state index in [0.29, 0.717) is 0 Å². The third-order valence-corrected chi connectivity index (χ3v) is 2.50. The summed E-state index contributed by atoms with van der Waals surface area (Å²) < 4.78 is 0. The van der Waals surface area contributed by atoms with Crippen molar-refractivity contribution in [3.05, 3.63) is 28.8 Å². The molecule has 0 aliphatic heterocycles. The van der Waals surface area contributed by atoms with E-state index in [1.807, 2.05) is 25.1 Å². The Morgan fingerprint density at radius 1 is 1.55 bits per heavy atom. The topological polar surface area (TPSA) is 20.2 Å². The molecule has 0 amide bonds. The Kier molecular flexibility index (Phi) is 3.24. The maximum atomic E-state index is 8.61. The Morgan fingerprint density at radius 2 is 2.27 bits per heavy atom. The maximum Gasteiger partial charge on any atom is 0.0932 e.